The van der Waals surface area contributed by atoms with Gasteiger partial charge in [0, 0.05) is 82.9 Å². The Kier molecular flexibility index (Phi) is 7.65. The number of carbonyl (C=O) groups is 2. The van der Waals surface area contributed by atoms with Crippen molar-refractivity contribution < 1.29 is 14.3 Å². The fourth-order valence-corrected chi connectivity index (χ4v) is 4.66. The summed E-state index contributed by atoms with van der Waals surface area (Å²) in [4.78, 5) is 32.2. The summed E-state index contributed by atoms with van der Waals surface area (Å²) in [6, 6.07) is 11.7. The molecule has 2 aromatic rings. The van der Waals surface area contributed by atoms with Crippen molar-refractivity contribution in [3.8, 4) is 5.75 Å². The number of piperazine rings is 1. The van der Waals surface area contributed by atoms with Crippen molar-refractivity contribution >= 4 is 11.8 Å². The number of piperidine rings is 1. The highest BCUT2D eigenvalue weighted by molar-refractivity contribution is 5.78. The minimum Gasteiger partial charge on any atom is -0.490 e. The largest absolute Gasteiger partial charge is 0.490 e. The van der Waals surface area contributed by atoms with Crippen LogP contribution in [0.25, 0.3) is 0 Å². The number of rotatable bonds is 7. The van der Waals surface area contributed by atoms with E-state index >= 15 is 0 Å². The van der Waals surface area contributed by atoms with Gasteiger partial charge in [-0.2, -0.15) is 5.10 Å². The van der Waals surface area contributed by atoms with E-state index in [4.69, 9.17) is 4.74 Å². The van der Waals surface area contributed by atoms with Gasteiger partial charge in [-0.05, 0) is 32.2 Å². The van der Waals surface area contributed by atoms with Crippen molar-refractivity contribution in [2.24, 2.45) is 5.92 Å². The number of hydrogen-bond donors (Lipinski definition) is 0. The average molecular weight is 454 g/mol. The van der Waals surface area contributed by atoms with Gasteiger partial charge < -0.3 is 19.4 Å². The zero-order valence-electron chi connectivity index (χ0n) is 19.7. The molecule has 3 heterocycles. The van der Waals surface area contributed by atoms with Gasteiger partial charge in [-0.1, -0.05) is 18.2 Å². The van der Waals surface area contributed by atoms with E-state index < -0.39 is 0 Å². The van der Waals surface area contributed by atoms with Gasteiger partial charge in [0.05, 0.1) is 0 Å². The molecule has 2 amide bonds. The van der Waals surface area contributed by atoms with E-state index in [9.17, 15) is 9.59 Å². The number of amides is 2. The normalized spacial score (nSPS) is 21.8. The van der Waals surface area contributed by atoms with Crippen molar-refractivity contribution in [3.05, 3.63) is 48.3 Å². The molecule has 0 radical (unpaired) electrons. The number of carbonyl (C=O) groups excluding carboxylic acids is 2. The summed E-state index contributed by atoms with van der Waals surface area (Å²) in [6.45, 7) is 7.08. The molecule has 1 aromatic heterocycles. The molecule has 8 nitrogen and oxygen atoms in total. The molecule has 0 unspecified atom stereocenters. The number of likely N-dealkylation sites (tertiary alicyclic amines) is 1. The number of aromatic nitrogens is 2. The molecule has 0 spiro atoms. The standard InChI is InChI=1S/C25H35N5O3/c1-20-8-11-26-30(20)13-10-24(31)29-12-9-23(33-22-6-4-3-5-7-22)21(19-29)18-25(32)28-16-14-27(2)15-17-28/h3-8,11,21,23H,9-10,12-19H2,1-2H3/t21-,23-/m0/s1. The molecule has 1 aromatic carbocycles. The Morgan fingerprint density at radius 3 is 2.45 bits per heavy atom. The van der Waals surface area contributed by atoms with E-state index in [1.165, 1.54) is 0 Å². The molecule has 178 valence electrons. The molecule has 2 aliphatic heterocycles. The number of nitrogens with zero attached hydrogens (tertiary/aromatic N) is 5. The number of para-hydroxylation sites is 1. The quantitative estimate of drug-likeness (QED) is 0.642. The second kappa shape index (κ2) is 10.8. The Morgan fingerprint density at radius 2 is 1.76 bits per heavy atom. The molecule has 2 atom stereocenters. The molecular formula is C25H35N5O3. The van der Waals surface area contributed by atoms with Gasteiger partial charge >= 0.3 is 0 Å². The van der Waals surface area contributed by atoms with Crippen LogP contribution in [-0.4, -0.2) is 88.7 Å². The van der Waals surface area contributed by atoms with E-state index in [0.717, 1.165) is 44.0 Å². The number of benzene rings is 1. The Morgan fingerprint density at radius 1 is 1.00 bits per heavy atom. The Balaban J connectivity index is 1.39. The first-order chi connectivity index (χ1) is 16.0. The van der Waals surface area contributed by atoms with Crippen molar-refractivity contribution in [1.82, 2.24) is 24.5 Å². The van der Waals surface area contributed by atoms with Gasteiger partial charge in [-0.15, -0.1) is 0 Å². The average Bonchev–Trinajstić information content (AvgIpc) is 3.24. The third kappa shape index (κ3) is 6.13. The van der Waals surface area contributed by atoms with Gasteiger partial charge in [0.25, 0.3) is 0 Å². The predicted molar refractivity (Wildman–Crippen MR) is 126 cm³/mol. The van der Waals surface area contributed by atoms with Crippen LogP contribution >= 0.6 is 0 Å². The lowest BCUT2D eigenvalue weighted by Gasteiger charge is -2.40. The fraction of sp³-hybridized carbons (Fsp3) is 0.560. The molecule has 8 heteroatoms. The van der Waals surface area contributed by atoms with E-state index in [2.05, 4.69) is 17.0 Å². The zero-order chi connectivity index (χ0) is 23.2. The van der Waals surface area contributed by atoms with E-state index in [1.807, 2.05) is 57.8 Å². The van der Waals surface area contributed by atoms with E-state index in [0.29, 0.717) is 32.5 Å². The number of aryl methyl sites for hydroxylation is 2. The summed E-state index contributed by atoms with van der Waals surface area (Å²) < 4.78 is 8.16. The molecule has 2 fully saturated rings. The smallest absolute Gasteiger partial charge is 0.224 e. The van der Waals surface area contributed by atoms with Crippen LogP contribution in [0.3, 0.4) is 0 Å². The highest BCUT2D eigenvalue weighted by Gasteiger charge is 2.35. The Hall–Kier alpha value is -2.87. The second-order valence-corrected chi connectivity index (χ2v) is 9.19. The molecule has 0 saturated carbocycles. The van der Waals surface area contributed by atoms with Crippen LogP contribution in [0.1, 0.15) is 25.0 Å². The topological polar surface area (TPSA) is 70.9 Å². The van der Waals surface area contributed by atoms with Gasteiger partial charge in [-0.25, -0.2) is 0 Å². The predicted octanol–water partition coefficient (Wildman–Crippen LogP) is 2.04. The van der Waals surface area contributed by atoms with Crippen molar-refractivity contribution in [3.63, 3.8) is 0 Å². The fourth-order valence-electron chi connectivity index (χ4n) is 4.66. The van der Waals surface area contributed by atoms with Crippen LogP contribution in [0.15, 0.2) is 42.6 Å². The van der Waals surface area contributed by atoms with Gasteiger partial charge in [0.2, 0.25) is 11.8 Å². The SMILES string of the molecule is Cc1ccnn1CCC(=O)N1CC[C@H](Oc2ccccc2)[C@@H](CC(=O)N2CCN(C)CC2)C1. The molecule has 33 heavy (non-hydrogen) atoms. The number of ether oxygens (including phenoxy) is 1. The van der Waals surface area contributed by atoms with Crippen LogP contribution in [0, 0.1) is 12.8 Å². The molecular weight excluding hydrogens is 418 g/mol. The second-order valence-electron chi connectivity index (χ2n) is 9.19. The first kappa shape index (κ1) is 23.3. The first-order valence-electron chi connectivity index (χ1n) is 11.9. The number of hydrogen-bond acceptors (Lipinski definition) is 5. The van der Waals surface area contributed by atoms with Gasteiger partial charge in [0.1, 0.15) is 11.9 Å². The van der Waals surface area contributed by atoms with Crippen LogP contribution < -0.4 is 4.74 Å². The van der Waals surface area contributed by atoms with Crippen LogP contribution in [0.4, 0.5) is 0 Å². The van der Waals surface area contributed by atoms with Crippen LogP contribution in [-0.2, 0) is 16.1 Å². The third-order valence-corrected chi connectivity index (χ3v) is 6.81. The monoisotopic (exact) mass is 453 g/mol. The first-order valence-corrected chi connectivity index (χ1v) is 11.9. The maximum absolute atomic E-state index is 13.1. The van der Waals surface area contributed by atoms with Crippen molar-refractivity contribution in [1.29, 1.82) is 0 Å². The summed E-state index contributed by atoms with van der Waals surface area (Å²) in [5, 5.41) is 4.28. The van der Waals surface area contributed by atoms with E-state index in [1.54, 1.807) is 6.20 Å². The highest BCUT2D eigenvalue weighted by Crippen LogP contribution is 2.27. The molecule has 4 rings (SSSR count). The Bertz CT molecular complexity index is 923. The van der Waals surface area contributed by atoms with Crippen molar-refractivity contribution in [2.45, 2.75) is 38.8 Å². The summed E-state index contributed by atoms with van der Waals surface area (Å²) >= 11 is 0. The molecule has 0 N–H and O–H groups in total. The molecule has 0 bridgehead atoms. The molecule has 2 saturated heterocycles. The minimum atomic E-state index is -0.0822. The maximum Gasteiger partial charge on any atom is 0.224 e. The summed E-state index contributed by atoms with van der Waals surface area (Å²) in [5.41, 5.74) is 1.05. The van der Waals surface area contributed by atoms with Crippen LogP contribution in [0.5, 0.6) is 5.75 Å². The number of likely N-dealkylation sites (N-methyl/N-ethyl adjacent to an activating group) is 1. The summed E-state index contributed by atoms with van der Waals surface area (Å²) in [5.74, 6) is 1.06. The summed E-state index contributed by atoms with van der Waals surface area (Å²) in [7, 11) is 2.08. The molecule has 2 aliphatic rings. The Labute approximate surface area is 196 Å². The van der Waals surface area contributed by atoms with Gasteiger partial charge in [-0.3, -0.25) is 14.3 Å². The maximum atomic E-state index is 13.1. The van der Waals surface area contributed by atoms with E-state index in [-0.39, 0.29) is 23.8 Å². The van der Waals surface area contributed by atoms with Crippen molar-refractivity contribution in [2.75, 3.05) is 46.3 Å². The minimum absolute atomic E-state index is 0.0264. The van der Waals surface area contributed by atoms with Gasteiger partial charge in [0.15, 0.2) is 0 Å². The third-order valence-electron chi connectivity index (χ3n) is 6.81. The molecule has 0 aliphatic carbocycles. The highest BCUT2D eigenvalue weighted by atomic mass is 16.5. The lowest BCUT2D eigenvalue weighted by atomic mass is 9.90. The lowest BCUT2D eigenvalue weighted by molar-refractivity contribution is -0.140. The zero-order valence-corrected chi connectivity index (χ0v) is 19.7. The lowest BCUT2D eigenvalue weighted by Crippen LogP contribution is -2.51. The summed E-state index contributed by atoms with van der Waals surface area (Å²) in [6.07, 6.45) is 3.21. The van der Waals surface area contributed by atoms with Crippen LogP contribution in [0.2, 0.25) is 0 Å².